The molecule has 0 radical (unpaired) electrons. The first kappa shape index (κ1) is 19.8. The van der Waals surface area contributed by atoms with Crippen LogP contribution in [0, 0.1) is 0 Å². The van der Waals surface area contributed by atoms with Gasteiger partial charge < -0.3 is 4.74 Å². The molecule has 0 aliphatic carbocycles. The maximum Gasteiger partial charge on any atom is 0.319 e. The summed E-state index contributed by atoms with van der Waals surface area (Å²) in [5, 5.41) is 0.00680. The van der Waals surface area contributed by atoms with Crippen LogP contribution in [-0.2, 0) is 9.53 Å². The Labute approximate surface area is 128 Å². The molecule has 0 aromatic rings. The number of carbonyl (C=O) groups excluding carboxylic acids is 1. The molecular formula is C16H31FO2S. The lowest BCUT2D eigenvalue weighted by atomic mass is 10.1. The Bertz CT molecular complexity index is 225. The van der Waals surface area contributed by atoms with E-state index in [2.05, 4.69) is 6.92 Å². The summed E-state index contributed by atoms with van der Waals surface area (Å²) in [5.74, 6) is 0.955. The van der Waals surface area contributed by atoms with Crippen molar-refractivity contribution in [1.82, 2.24) is 0 Å². The third kappa shape index (κ3) is 11.6. The number of alkyl halides is 1. The summed E-state index contributed by atoms with van der Waals surface area (Å²) >= 11 is 1.74. The first-order valence-corrected chi connectivity index (χ1v) is 9.15. The van der Waals surface area contributed by atoms with Crippen molar-refractivity contribution in [1.29, 1.82) is 0 Å². The van der Waals surface area contributed by atoms with Crippen molar-refractivity contribution < 1.29 is 13.9 Å². The van der Waals surface area contributed by atoms with Gasteiger partial charge in [-0.25, -0.2) is 0 Å². The molecule has 4 heteroatoms. The molecule has 0 heterocycles. The molecule has 0 aromatic heterocycles. The van der Waals surface area contributed by atoms with Crippen molar-refractivity contribution >= 4 is 17.7 Å². The number of ether oxygens (including phenoxy) is 1. The van der Waals surface area contributed by atoms with Crippen molar-refractivity contribution in [2.45, 2.75) is 76.9 Å². The van der Waals surface area contributed by atoms with E-state index in [1.54, 1.807) is 11.8 Å². The monoisotopic (exact) mass is 306 g/mol. The quantitative estimate of drug-likeness (QED) is 0.328. The van der Waals surface area contributed by atoms with E-state index in [0.29, 0.717) is 13.0 Å². The van der Waals surface area contributed by atoms with Crippen LogP contribution in [-0.4, -0.2) is 30.3 Å². The Morgan fingerprint density at radius 1 is 1.05 bits per heavy atom. The molecule has 20 heavy (non-hydrogen) atoms. The van der Waals surface area contributed by atoms with Crippen molar-refractivity contribution in [3.8, 4) is 0 Å². The van der Waals surface area contributed by atoms with Gasteiger partial charge in [0.15, 0.2) is 0 Å². The minimum atomic E-state index is -0.197. The molecule has 0 rings (SSSR count). The summed E-state index contributed by atoms with van der Waals surface area (Å²) in [5.41, 5.74) is 0. The predicted molar refractivity (Wildman–Crippen MR) is 86.1 cm³/mol. The third-order valence-electron chi connectivity index (χ3n) is 3.22. The van der Waals surface area contributed by atoms with E-state index in [-0.39, 0.29) is 17.9 Å². The number of esters is 1. The highest BCUT2D eigenvalue weighted by Gasteiger charge is 2.19. The Morgan fingerprint density at radius 2 is 1.75 bits per heavy atom. The summed E-state index contributed by atoms with van der Waals surface area (Å²) < 4.78 is 17.1. The molecule has 1 atom stereocenters. The molecule has 0 N–H and O–H groups in total. The fourth-order valence-corrected chi connectivity index (χ4v) is 3.23. The van der Waals surface area contributed by atoms with Crippen LogP contribution in [0.4, 0.5) is 4.39 Å². The predicted octanol–water partition coefficient (Wildman–Crippen LogP) is 5.15. The molecular weight excluding hydrogens is 275 g/mol. The number of thioether (sulfide) groups is 1. The smallest absolute Gasteiger partial charge is 0.319 e. The zero-order valence-electron chi connectivity index (χ0n) is 13.2. The van der Waals surface area contributed by atoms with Crippen LogP contribution in [0.5, 0.6) is 0 Å². The number of rotatable bonds is 14. The van der Waals surface area contributed by atoms with Crippen LogP contribution >= 0.6 is 11.8 Å². The zero-order valence-corrected chi connectivity index (χ0v) is 14.0. The zero-order chi connectivity index (χ0) is 15.1. The van der Waals surface area contributed by atoms with Crippen molar-refractivity contribution in [3.63, 3.8) is 0 Å². The van der Waals surface area contributed by atoms with Gasteiger partial charge in [0.1, 0.15) is 5.25 Å². The average molecular weight is 306 g/mol. The van der Waals surface area contributed by atoms with E-state index in [1.807, 2.05) is 6.92 Å². The fraction of sp³-hybridized carbons (Fsp3) is 0.938. The highest BCUT2D eigenvalue weighted by atomic mass is 32.2. The van der Waals surface area contributed by atoms with Crippen molar-refractivity contribution in [3.05, 3.63) is 0 Å². The van der Waals surface area contributed by atoms with Gasteiger partial charge in [-0.3, -0.25) is 9.18 Å². The number of carbonyl (C=O) groups is 1. The number of hydrogen-bond acceptors (Lipinski definition) is 3. The summed E-state index contributed by atoms with van der Waals surface area (Å²) in [4.78, 5) is 11.9. The molecule has 0 spiro atoms. The molecule has 0 amide bonds. The first-order chi connectivity index (χ1) is 9.76. The van der Waals surface area contributed by atoms with E-state index in [0.717, 1.165) is 44.3 Å². The van der Waals surface area contributed by atoms with Crippen LogP contribution in [0.25, 0.3) is 0 Å². The van der Waals surface area contributed by atoms with Gasteiger partial charge in [-0.05, 0) is 31.9 Å². The summed E-state index contributed by atoms with van der Waals surface area (Å²) in [6, 6.07) is 0. The average Bonchev–Trinajstić information content (AvgIpc) is 2.44. The van der Waals surface area contributed by atoms with Crippen LogP contribution in [0.3, 0.4) is 0 Å². The molecule has 2 nitrogen and oxygen atoms in total. The van der Waals surface area contributed by atoms with Crippen LogP contribution in [0.2, 0.25) is 0 Å². The van der Waals surface area contributed by atoms with Gasteiger partial charge >= 0.3 is 5.97 Å². The Balaban J connectivity index is 3.76. The van der Waals surface area contributed by atoms with E-state index in [1.165, 1.54) is 12.8 Å². The van der Waals surface area contributed by atoms with E-state index < -0.39 is 0 Å². The Hall–Kier alpha value is -0.250. The van der Waals surface area contributed by atoms with Gasteiger partial charge in [0.05, 0.1) is 13.3 Å². The highest BCUT2D eigenvalue weighted by Crippen LogP contribution is 2.21. The molecule has 0 aliphatic rings. The van der Waals surface area contributed by atoms with Gasteiger partial charge in [0.2, 0.25) is 0 Å². The lowest BCUT2D eigenvalue weighted by Crippen LogP contribution is -2.20. The lowest BCUT2D eigenvalue weighted by Gasteiger charge is -2.15. The molecule has 0 saturated carbocycles. The second-order valence-corrected chi connectivity index (χ2v) is 6.37. The van der Waals surface area contributed by atoms with E-state index in [4.69, 9.17) is 4.74 Å². The second kappa shape index (κ2) is 15.1. The topological polar surface area (TPSA) is 26.3 Å². The van der Waals surface area contributed by atoms with Crippen LogP contribution in [0.1, 0.15) is 71.6 Å². The molecule has 0 aromatic carbocycles. The molecule has 0 saturated heterocycles. The van der Waals surface area contributed by atoms with Crippen LogP contribution in [0.15, 0.2) is 0 Å². The second-order valence-electron chi connectivity index (χ2n) is 5.06. The standard InChI is InChI=1S/C16H31FO2S/c1-3-5-9-12-15(16(18)19-4-2)20-14-11-8-6-7-10-13-17/h15H,3-14H2,1-2H3. The lowest BCUT2D eigenvalue weighted by molar-refractivity contribution is -0.142. The third-order valence-corrected chi connectivity index (χ3v) is 4.57. The molecule has 0 bridgehead atoms. The molecule has 0 aliphatic heterocycles. The van der Waals surface area contributed by atoms with Gasteiger partial charge in [-0.1, -0.05) is 45.4 Å². The number of unbranched alkanes of at least 4 members (excludes halogenated alkanes) is 6. The van der Waals surface area contributed by atoms with Gasteiger partial charge in [-0.15, -0.1) is 11.8 Å². The maximum atomic E-state index is 11.9. The van der Waals surface area contributed by atoms with Gasteiger partial charge in [0, 0.05) is 0 Å². The normalized spacial score (nSPS) is 12.3. The molecule has 0 fully saturated rings. The van der Waals surface area contributed by atoms with Crippen molar-refractivity contribution in [2.24, 2.45) is 0 Å². The minimum Gasteiger partial charge on any atom is -0.465 e. The van der Waals surface area contributed by atoms with Gasteiger partial charge in [0.25, 0.3) is 0 Å². The highest BCUT2D eigenvalue weighted by molar-refractivity contribution is 8.00. The van der Waals surface area contributed by atoms with Gasteiger partial charge in [-0.2, -0.15) is 0 Å². The Morgan fingerprint density at radius 3 is 2.40 bits per heavy atom. The Kier molecular flexibility index (Phi) is 15.0. The summed E-state index contributed by atoms with van der Waals surface area (Å²) in [7, 11) is 0. The number of hydrogen-bond donors (Lipinski definition) is 0. The van der Waals surface area contributed by atoms with E-state index >= 15 is 0 Å². The SMILES string of the molecule is CCCCCC(SCCCCCCCF)C(=O)OCC. The maximum absolute atomic E-state index is 11.9. The molecule has 1 unspecified atom stereocenters. The summed E-state index contributed by atoms with van der Waals surface area (Å²) in [6.07, 6.45) is 9.41. The minimum absolute atomic E-state index is 0.00680. The molecule has 120 valence electrons. The first-order valence-electron chi connectivity index (χ1n) is 8.10. The largest absolute Gasteiger partial charge is 0.465 e. The van der Waals surface area contributed by atoms with Crippen LogP contribution < -0.4 is 0 Å². The fourth-order valence-electron chi connectivity index (χ4n) is 2.04. The van der Waals surface area contributed by atoms with E-state index in [9.17, 15) is 9.18 Å². The number of halogens is 1. The van der Waals surface area contributed by atoms with Crippen molar-refractivity contribution in [2.75, 3.05) is 19.0 Å². The summed E-state index contributed by atoms with van der Waals surface area (Å²) in [6.45, 7) is 4.30.